The van der Waals surface area contributed by atoms with E-state index in [4.69, 9.17) is 4.74 Å². The average molecular weight is 380 g/mol. The third-order valence-corrected chi connectivity index (χ3v) is 4.70. The standard InChI is InChI=1S/C22H24N2O4/c1-22(2,3)19(26)12-24-18-11-16(28-4)9-10-17(18)20(23-24)21(27)15-7-5-14(13-25)6-8-15/h5-11,25H,12-13H2,1-4H3. The molecule has 0 aliphatic carbocycles. The Hall–Kier alpha value is -2.99. The Kier molecular flexibility index (Phi) is 5.34. The average Bonchev–Trinajstić information content (AvgIpc) is 3.04. The topological polar surface area (TPSA) is 81.4 Å². The molecule has 0 saturated carbocycles. The molecule has 0 amide bonds. The first-order valence-electron chi connectivity index (χ1n) is 9.07. The van der Waals surface area contributed by atoms with Gasteiger partial charge in [-0.3, -0.25) is 14.3 Å². The lowest BCUT2D eigenvalue weighted by atomic mass is 9.91. The maximum Gasteiger partial charge on any atom is 0.213 e. The molecule has 0 fully saturated rings. The number of benzene rings is 2. The zero-order valence-corrected chi connectivity index (χ0v) is 16.5. The summed E-state index contributed by atoms with van der Waals surface area (Å²) in [5.74, 6) is 0.413. The van der Waals surface area contributed by atoms with Crippen molar-refractivity contribution in [2.75, 3.05) is 7.11 Å². The van der Waals surface area contributed by atoms with Crippen molar-refractivity contribution in [3.8, 4) is 5.75 Å². The number of ether oxygens (including phenoxy) is 1. The van der Waals surface area contributed by atoms with Gasteiger partial charge in [0.1, 0.15) is 18.0 Å². The number of methoxy groups -OCH3 is 1. The Balaban J connectivity index is 2.09. The lowest BCUT2D eigenvalue weighted by Crippen LogP contribution is -2.25. The van der Waals surface area contributed by atoms with Crippen LogP contribution in [0.5, 0.6) is 5.75 Å². The van der Waals surface area contributed by atoms with Crippen LogP contribution in [0, 0.1) is 5.41 Å². The Morgan fingerprint density at radius 1 is 1.11 bits per heavy atom. The van der Waals surface area contributed by atoms with Crippen LogP contribution in [0.2, 0.25) is 0 Å². The second kappa shape index (κ2) is 7.56. The van der Waals surface area contributed by atoms with E-state index in [1.54, 1.807) is 54.3 Å². The molecule has 0 radical (unpaired) electrons. The molecule has 0 unspecified atom stereocenters. The second-order valence-electron chi connectivity index (χ2n) is 7.75. The SMILES string of the molecule is COc1ccc2c(C(=O)c3ccc(CO)cc3)nn(CC(=O)C(C)(C)C)c2c1. The van der Waals surface area contributed by atoms with Crippen LogP contribution >= 0.6 is 0 Å². The first kappa shape index (κ1) is 19.8. The van der Waals surface area contributed by atoms with Crippen molar-refractivity contribution in [1.29, 1.82) is 0 Å². The maximum absolute atomic E-state index is 13.1. The molecule has 0 spiro atoms. The number of carbonyl (C=O) groups excluding carboxylic acids is 2. The normalized spacial score (nSPS) is 11.6. The van der Waals surface area contributed by atoms with Gasteiger partial charge in [-0.15, -0.1) is 0 Å². The molecule has 0 saturated heterocycles. The molecule has 146 valence electrons. The minimum absolute atomic E-state index is 0.0195. The lowest BCUT2D eigenvalue weighted by molar-refractivity contribution is -0.127. The maximum atomic E-state index is 13.1. The van der Waals surface area contributed by atoms with Crippen molar-refractivity contribution in [3.05, 3.63) is 59.3 Å². The number of aliphatic hydroxyl groups is 1. The van der Waals surface area contributed by atoms with Crippen molar-refractivity contribution >= 4 is 22.5 Å². The van der Waals surface area contributed by atoms with Crippen LogP contribution in [0.4, 0.5) is 0 Å². The quantitative estimate of drug-likeness (QED) is 0.663. The third-order valence-electron chi connectivity index (χ3n) is 4.70. The van der Waals surface area contributed by atoms with E-state index in [9.17, 15) is 14.7 Å². The van der Waals surface area contributed by atoms with Crippen LogP contribution < -0.4 is 4.74 Å². The third kappa shape index (κ3) is 3.82. The Bertz CT molecular complexity index is 1030. The summed E-state index contributed by atoms with van der Waals surface area (Å²) in [6.07, 6.45) is 0. The van der Waals surface area contributed by atoms with Gasteiger partial charge in [0, 0.05) is 22.4 Å². The summed E-state index contributed by atoms with van der Waals surface area (Å²) >= 11 is 0. The van der Waals surface area contributed by atoms with Gasteiger partial charge in [-0.05, 0) is 17.7 Å². The summed E-state index contributed by atoms with van der Waals surface area (Å²) < 4.78 is 6.87. The molecule has 3 aromatic rings. The lowest BCUT2D eigenvalue weighted by Gasteiger charge is -2.16. The van der Waals surface area contributed by atoms with E-state index in [1.807, 2.05) is 20.8 Å². The van der Waals surface area contributed by atoms with Gasteiger partial charge in [-0.1, -0.05) is 45.0 Å². The number of Topliss-reactive ketones (excluding diaryl/α,β-unsaturated/α-hetero) is 1. The molecule has 0 aliphatic heterocycles. The smallest absolute Gasteiger partial charge is 0.213 e. The summed E-state index contributed by atoms with van der Waals surface area (Å²) in [5, 5.41) is 14.3. The van der Waals surface area contributed by atoms with E-state index in [1.165, 1.54) is 0 Å². The highest BCUT2D eigenvalue weighted by Crippen LogP contribution is 2.27. The van der Waals surface area contributed by atoms with Gasteiger partial charge < -0.3 is 9.84 Å². The minimum Gasteiger partial charge on any atom is -0.497 e. The molecule has 1 aromatic heterocycles. The van der Waals surface area contributed by atoms with Crippen LogP contribution in [0.15, 0.2) is 42.5 Å². The molecule has 2 aromatic carbocycles. The van der Waals surface area contributed by atoms with Gasteiger partial charge in [0.15, 0.2) is 5.78 Å². The van der Waals surface area contributed by atoms with Gasteiger partial charge in [-0.2, -0.15) is 5.10 Å². The van der Waals surface area contributed by atoms with E-state index in [-0.39, 0.29) is 30.4 Å². The molecule has 0 atom stereocenters. The van der Waals surface area contributed by atoms with E-state index in [0.717, 1.165) is 5.56 Å². The summed E-state index contributed by atoms with van der Waals surface area (Å²) in [7, 11) is 1.57. The second-order valence-corrected chi connectivity index (χ2v) is 7.75. The van der Waals surface area contributed by atoms with Crippen molar-refractivity contribution in [1.82, 2.24) is 9.78 Å². The number of hydrogen-bond donors (Lipinski definition) is 1. The van der Waals surface area contributed by atoms with Crippen molar-refractivity contribution < 1.29 is 19.4 Å². The number of rotatable bonds is 6. The van der Waals surface area contributed by atoms with Gasteiger partial charge >= 0.3 is 0 Å². The van der Waals surface area contributed by atoms with Crippen LogP contribution in [-0.4, -0.2) is 33.6 Å². The van der Waals surface area contributed by atoms with Crippen molar-refractivity contribution in [2.24, 2.45) is 5.41 Å². The molecule has 6 heteroatoms. The van der Waals surface area contributed by atoms with Gasteiger partial charge in [0.25, 0.3) is 0 Å². The predicted molar refractivity (Wildman–Crippen MR) is 107 cm³/mol. The van der Waals surface area contributed by atoms with E-state index in [2.05, 4.69) is 5.10 Å². The van der Waals surface area contributed by atoms with Gasteiger partial charge in [-0.25, -0.2) is 0 Å². The molecule has 1 N–H and O–H groups in total. The monoisotopic (exact) mass is 380 g/mol. The zero-order chi connectivity index (χ0) is 20.5. The fraction of sp³-hybridized carbons (Fsp3) is 0.318. The summed E-state index contributed by atoms with van der Waals surface area (Å²) in [6, 6.07) is 12.1. The Labute approximate surface area is 163 Å². The number of aromatic nitrogens is 2. The summed E-state index contributed by atoms with van der Waals surface area (Å²) in [5.41, 5.74) is 1.65. The highest BCUT2D eigenvalue weighted by Gasteiger charge is 2.25. The van der Waals surface area contributed by atoms with Crippen LogP contribution in [0.1, 0.15) is 42.4 Å². The van der Waals surface area contributed by atoms with Crippen molar-refractivity contribution in [2.45, 2.75) is 33.9 Å². The van der Waals surface area contributed by atoms with E-state index in [0.29, 0.717) is 22.2 Å². The van der Waals surface area contributed by atoms with E-state index < -0.39 is 5.41 Å². The molecule has 28 heavy (non-hydrogen) atoms. The van der Waals surface area contributed by atoms with Crippen LogP contribution in [-0.2, 0) is 17.9 Å². The zero-order valence-electron chi connectivity index (χ0n) is 16.5. The molecular formula is C22H24N2O4. The van der Waals surface area contributed by atoms with Gasteiger partial charge in [0.05, 0.1) is 19.2 Å². The van der Waals surface area contributed by atoms with Crippen LogP contribution in [0.3, 0.4) is 0 Å². The largest absolute Gasteiger partial charge is 0.497 e. The number of carbonyl (C=O) groups is 2. The van der Waals surface area contributed by atoms with E-state index >= 15 is 0 Å². The Morgan fingerprint density at radius 2 is 1.79 bits per heavy atom. The first-order chi connectivity index (χ1) is 13.2. The number of ketones is 2. The summed E-state index contributed by atoms with van der Waals surface area (Å²) in [6.45, 7) is 5.56. The molecular weight excluding hydrogens is 356 g/mol. The first-order valence-corrected chi connectivity index (χ1v) is 9.07. The fourth-order valence-electron chi connectivity index (χ4n) is 2.84. The molecule has 1 heterocycles. The van der Waals surface area contributed by atoms with Gasteiger partial charge in [0.2, 0.25) is 5.78 Å². The Morgan fingerprint density at radius 3 is 2.36 bits per heavy atom. The fourth-order valence-corrected chi connectivity index (χ4v) is 2.84. The summed E-state index contributed by atoms with van der Waals surface area (Å²) in [4.78, 5) is 25.6. The molecule has 0 bridgehead atoms. The van der Waals surface area contributed by atoms with Crippen molar-refractivity contribution in [3.63, 3.8) is 0 Å². The highest BCUT2D eigenvalue weighted by atomic mass is 16.5. The molecule has 3 rings (SSSR count). The molecule has 6 nitrogen and oxygen atoms in total. The highest BCUT2D eigenvalue weighted by molar-refractivity contribution is 6.15. The number of fused-ring (bicyclic) bond motifs is 1. The number of hydrogen-bond acceptors (Lipinski definition) is 5. The van der Waals surface area contributed by atoms with Crippen LogP contribution in [0.25, 0.3) is 10.9 Å². The number of nitrogens with zero attached hydrogens (tertiary/aromatic N) is 2. The predicted octanol–water partition coefficient (Wildman–Crippen LogP) is 3.38. The number of aliphatic hydroxyl groups excluding tert-OH is 1. The minimum atomic E-state index is -0.512. The molecule has 0 aliphatic rings.